The molecule has 0 aliphatic carbocycles. The maximum Gasteiger partial charge on any atom is 0.233 e. The van der Waals surface area contributed by atoms with Gasteiger partial charge < -0.3 is 4.42 Å². The number of nitrogens with zero attached hydrogens (tertiary/aromatic N) is 5. The van der Waals surface area contributed by atoms with Crippen molar-refractivity contribution in [3.63, 3.8) is 0 Å². The summed E-state index contributed by atoms with van der Waals surface area (Å²) in [6, 6.07) is 10.1. The van der Waals surface area contributed by atoms with Gasteiger partial charge in [0, 0.05) is 39.6 Å². The van der Waals surface area contributed by atoms with E-state index in [0.29, 0.717) is 17.3 Å². The van der Waals surface area contributed by atoms with Gasteiger partial charge in [-0.2, -0.15) is 5.26 Å². The number of rotatable bonds is 4. The van der Waals surface area contributed by atoms with Crippen LogP contribution >= 0.6 is 0 Å². The van der Waals surface area contributed by atoms with Crippen LogP contribution in [-0.4, -0.2) is 46.2 Å². The highest BCUT2D eigenvalue weighted by atomic mass is 16.4. The molecule has 0 radical (unpaired) electrons. The molecule has 2 aromatic rings. The third-order valence-corrected chi connectivity index (χ3v) is 4.34. The van der Waals surface area contributed by atoms with Gasteiger partial charge in [0.15, 0.2) is 0 Å². The van der Waals surface area contributed by atoms with Crippen molar-refractivity contribution >= 4 is 0 Å². The van der Waals surface area contributed by atoms with Gasteiger partial charge in [-0.05, 0) is 24.6 Å². The van der Waals surface area contributed by atoms with Gasteiger partial charge in [0.05, 0.1) is 17.7 Å². The van der Waals surface area contributed by atoms with Crippen LogP contribution in [0.3, 0.4) is 0 Å². The van der Waals surface area contributed by atoms with Crippen molar-refractivity contribution in [2.24, 2.45) is 0 Å². The molecule has 1 saturated heterocycles. The molecule has 1 aliphatic rings. The van der Waals surface area contributed by atoms with Gasteiger partial charge in [-0.25, -0.2) is 0 Å². The molecular formula is C17H21N5O. The minimum atomic E-state index is 0.160. The Kier molecular flexibility index (Phi) is 4.70. The summed E-state index contributed by atoms with van der Waals surface area (Å²) in [5.74, 6) is 1.31. The summed E-state index contributed by atoms with van der Waals surface area (Å²) in [5, 5.41) is 16.9. The first-order valence-electron chi connectivity index (χ1n) is 7.91. The molecule has 0 amide bonds. The summed E-state index contributed by atoms with van der Waals surface area (Å²) in [7, 11) is 0. The number of piperazine rings is 1. The number of hydrogen-bond donors (Lipinski definition) is 0. The fraction of sp³-hybridized carbons (Fsp3) is 0.471. The molecular weight excluding hydrogens is 290 g/mol. The largest absolute Gasteiger partial charge is 0.424 e. The molecule has 0 unspecified atom stereocenters. The number of benzene rings is 1. The molecule has 0 bridgehead atoms. The monoisotopic (exact) mass is 311 g/mol. The van der Waals surface area contributed by atoms with Crippen molar-refractivity contribution in [3.05, 3.63) is 47.2 Å². The van der Waals surface area contributed by atoms with E-state index in [-0.39, 0.29) is 6.04 Å². The summed E-state index contributed by atoms with van der Waals surface area (Å²) < 4.78 is 5.54. The average molecular weight is 311 g/mol. The van der Waals surface area contributed by atoms with E-state index < -0.39 is 0 Å². The van der Waals surface area contributed by atoms with Crippen molar-refractivity contribution in [2.75, 3.05) is 26.2 Å². The van der Waals surface area contributed by atoms with Crippen LogP contribution in [0.5, 0.6) is 0 Å². The second-order valence-corrected chi connectivity index (χ2v) is 5.96. The predicted molar refractivity (Wildman–Crippen MR) is 85.5 cm³/mol. The molecule has 6 heteroatoms. The summed E-state index contributed by atoms with van der Waals surface area (Å²) >= 11 is 0. The highest BCUT2D eigenvalue weighted by molar-refractivity contribution is 5.31. The Morgan fingerprint density at radius 3 is 2.43 bits per heavy atom. The molecule has 1 aromatic carbocycles. The lowest BCUT2D eigenvalue weighted by atomic mass is 10.1. The highest BCUT2D eigenvalue weighted by Crippen LogP contribution is 2.21. The van der Waals surface area contributed by atoms with Crippen molar-refractivity contribution < 1.29 is 4.42 Å². The van der Waals surface area contributed by atoms with Crippen molar-refractivity contribution in [3.8, 4) is 6.07 Å². The molecule has 23 heavy (non-hydrogen) atoms. The fourth-order valence-corrected chi connectivity index (χ4v) is 2.89. The average Bonchev–Trinajstić information content (AvgIpc) is 3.02. The van der Waals surface area contributed by atoms with Crippen LogP contribution in [0.2, 0.25) is 0 Å². The maximum atomic E-state index is 8.84. The van der Waals surface area contributed by atoms with Gasteiger partial charge in [0.2, 0.25) is 11.8 Å². The van der Waals surface area contributed by atoms with Crippen LogP contribution in [0.1, 0.15) is 35.9 Å². The van der Waals surface area contributed by atoms with Gasteiger partial charge in [-0.15, -0.1) is 10.2 Å². The molecule has 1 aromatic heterocycles. The fourth-order valence-electron chi connectivity index (χ4n) is 2.89. The van der Waals surface area contributed by atoms with E-state index in [1.807, 2.05) is 31.2 Å². The van der Waals surface area contributed by atoms with Crippen molar-refractivity contribution in [1.82, 2.24) is 20.0 Å². The quantitative estimate of drug-likeness (QED) is 0.861. The predicted octanol–water partition coefficient (Wildman–Crippen LogP) is 2.13. The van der Waals surface area contributed by atoms with Gasteiger partial charge in [0.25, 0.3) is 0 Å². The van der Waals surface area contributed by atoms with E-state index in [1.54, 1.807) is 0 Å². The van der Waals surface area contributed by atoms with Gasteiger partial charge >= 0.3 is 0 Å². The van der Waals surface area contributed by atoms with Crippen LogP contribution in [0.4, 0.5) is 0 Å². The topological polar surface area (TPSA) is 69.2 Å². The third kappa shape index (κ3) is 3.76. The highest BCUT2D eigenvalue weighted by Gasteiger charge is 2.25. The van der Waals surface area contributed by atoms with Crippen LogP contribution in [0, 0.1) is 18.3 Å². The normalized spacial score (nSPS) is 17.8. The molecule has 1 atom stereocenters. The first kappa shape index (κ1) is 15.7. The van der Waals surface area contributed by atoms with E-state index >= 15 is 0 Å². The van der Waals surface area contributed by atoms with E-state index in [4.69, 9.17) is 9.68 Å². The molecule has 2 heterocycles. The lowest BCUT2D eigenvalue weighted by Gasteiger charge is -2.36. The van der Waals surface area contributed by atoms with E-state index in [9.17, 15) is 0 Å². The number of nitriles is 1. The van der Waals surface area contributed by atoms with Crippen LogP contribution in [-0.2, 0) is 6.54 Å². The Morgan fingerprint density at radius 1 is 1.17 bits per heavy atom. The van der Waals surface area contributed by atoms with Crippen LogP contribution in [0.15, 0.2) is 28.7 Å². The Labute approximate surface area is 136 Å². The lowest BCUT2D eigenvalue weighted by molar-refractivity contribution is 0.0870. The zero-order valence-electron chi connectivity index (χ0n) is 13.6. The third-order valence-electron chi connectivity index (χ3n) is 4.34. The van der Waals surface area contributed by atoms with Crippen LogP contribution in [0.25, 0.3) is 0 Å². The second kappa shape index (κ2) is 6.90. The number of aryl methyl sites for hydroxylation is 1. The minimum absolute atomic E-state index is 0.160. The van der Waals surface area contributed by atoms with Crippen molar-refractivity contribution in [1.29, 1.82) is 5.26 Å². The Balaban J connectivity index is 1.52. The standard InChI is InChI=1S/C17H21N5O/c1-13(17-20-19-14(2)23-17)22-9-7-21(8-10-22)12-16-5-3-15(11-18)4-6-16/h3-6,13H,7-10,12H2,1-2H3/t13-/m1/s1. The van der Waals surface area contributed by atoms with Gasteiger partial charge in [-0.3, -0.25) is 9.80 Å². The van der Waals surface area contributed by atoms with Crippen molar-refractivity contribution in [2.45, 2.75) is 26.4 Å². The van der Waals surface area contributed by atoms with E-state index in [2.05, 4.69) is 33.0 Å². The smallest absolute Gasteiger partial charge is 0.233 e. The number of aromatic nitrogens is 2. The first-order chi connectivity index (χ1) is 11.2. The molecule has 1 aliphatic heterocycles. The van der Waals surface area contributed by atoms with Crippen LogP contribution < -0.4 is 0 Å². The first-order valence-corrected chi connectivity index (χ1v) is 7.91. The zero-order chi connectivity index (χ0) is 16.2. The molecule has 6 nitrogen and oxygen atoms in total. The zero-order valence-corrected chi connectivity index (χ0v) is 13.6. The Morgan fingerprint density at radius 2 is 1.87 bits per heavy atom. The summed E-state index contributed by atoms with van der Waals surface area (Å²) in [6.45, 7) is 8.85. The van der Waals surface area contributed by atoms with Gasteiger partial charge in [-0.1, -0.05) is 12.1 Å². The maximum absolute atomic E-state index is 8.84. The molecule has 0 saturated carbocycles. The minimum Gasteiger partial charge on any atom is -0.424 e. The molecule has 0 spiro atoms. The Bertz CT molecular complexity index is 680. The van der Waals surface area contributed by atoms with E-state index in [1.165, 1.54) is 5.56 Å². The summed E-state index contributed by atoms with van der Waals surface area (Å²) in [5.41, 5.74) is 1.96. The number of hydrogen-bond acceptors (Lipinski definition) is 6. The second-order valence-electron chi connectivity index (χ2n) is 5.96. The molecule has 3 rings (SSSR count). The lowest BCUT2D eigenvalue weighted by Crippen LogP contribution is -2.46. The summed E-state index contributed by atoms with van der Waals surface area (Å²) in [6.07, 6.45) is 0. The van der Waals surface area contributed by atoms with Gasteiger partial charge in [0.1, 0.15) is 0 Å². The summed E-state index contributed by atoms with van der Waals surface area (Å²) in [4.78, 5) is 4.81. The molecule has 120 valence electrons. The molecule has 1 fully saturated rings. The Hall–Kier alpha value is -2.23. The molecule has 0 N–H and O–H groups in total. The SMILES string of the molecule is Cc1nnc([C@@H](C)N2CCN(Cc3ccc(C#N)cc3)CC2)o1. The van der Waals surface area contributed by atoms with E-state index in [0.717, 1.165) is 32.7 Å².